The van der Waals surface area contributed by atoms with Crippen LogP contribution in [0.4, 0.5) is 0 Å². The van der Waals surface area contributed by atoms with Crippen LogP contribution in [0.2, 0.25) is 0 Å². The number of pyridine rings is 1. The number of hydrogen-bond donors (Lipinski definition) is 1. The summed E-state index contributed by atoms with van der Waals surface area (Å²) in [6.07, 6.45) is 4.32. The van der Waals surface area contributed by atoms with Gasteiger partial charge in [0.15, 0.2) is 12.2 Å². The molecule has 0 aliphatic carbocycles. The number of fused-ring (bicyclic) bond motifs is 1. The van der Waals surface area contributed by atoms with Gasteiger partial charge in [-0.1, -0.05) is 6.07 Å². The van der Waals surface area contributed by atoms with Gasteiger partial charge in [0.05, 0.1) is 24.7 Å². The van der Waals surface area contributed by atoms with Crippen LogP contribution < -0.4 is 4.74 Å². The van der Waals surface area contributed by atoms with Crippen LogP contribution >= 0.6 is 0 Å². The zero-order chi connectivity index (χ0) is 12.5. The maximum atomic E-state index is 10.7. The molecule has 0 bridgehead atoms. The molecule has 5 nitrogen and oxygen atoms in total. The Kier molecular flexibility index (Phi) is 2.37. The number of hydrogen-bond acceptors (Lipinski definition) is 3. The molecule has 3 heterocycles. The molecule has 0 unspecified atom stereocenters. The molecule has 3 aromatic heterocycles. The van der Waals surface area contributed by atoms with E-state index in [1.54, 1.807) is 25.6 Å². The predicted octanol–water partition coefficient (Wildman–Crippen LogP) is 2.15. The summed E-state index contributed by atoms with van der Waals surface area (Å²) in [4.78, 5) is 17.9. The quantitative estimate of drug-likeness (QED) is 0.715. The van der Waals surface area contributed by atoms with Crippen LogP contribution in [-0.2, 0) is 0 Å². The van der Waals surface area contributed by atoms with Crippen LogP contribution in [0.15, 0.2) is 36.7 Å². The van der Waals surface area contributed by atoms with Crippen molar-refractivity contribution in [3.8, 4) is 17.1 Å². The van der Waals surface area contributed by atoms with Gasteiger partial charge in [-0.05, 0) is 18.2 Å². The number of aldehydes is 1. The van der Waals surface area contributed by atoms with E-state index in [9.17, 15) is 4.79 Å². The molecule has 0 radical (unpaired) electrons. The summed E-state index contributed by atoms with van der Waals surface area (Å²) in [5, 5.41) is 0. The maximum absolute atomic E-state index is 10.7. The molecule has 0 fully saturated rings. The van der Waals surface area contributed by atoms with E-state index >= 15 is 0 Å². The van der Waals surface area contributed by atoms with Gasteiger partial charge in [-0.3, -0.25) is 9.20 Å². The first-order valence-corrected chi connectivity index (χ1v) is 5.48. The van der Waals surface area contributed by atoms with E-state index in [0.29, 0.717) is 11.6 Å². The minimum Gasteiger partial charge on any atom is -0.482 e. The van der Waals surface area contributed by atoms with Crippen molar-refractivity contribution in [1.82, 2.24) is 14.4 Å². The summed E-state index contributed by atoms with van der Waals surface area (Å²) in [6, 6.07) is 7.44. The molecule has 0 aliphatic heterocycles. The lowest BCUT2D eigenvalue weighted by Gasteiger charge is -2.05. The summed E-state index contributed by atoms with van der Waals surface area (Å²) in [5.74, 6) is 0.703. The first-order chi connectivity index (χ1) is 8.83. The highest BCUT2D eigenvalue weighted by Gasteiger charge is 2.10. The van der Waals surface area contributed by atoms with Crippen LogP contribution in [0.3, 0.4) is 0 Å². The standard InChI is InChI=1S/C13H11N3O2/c1-18-13-4-2-3-12-15-7-11(16(12)13)9-5-10(8-17)14-6-9/h2-8,14H,1H3. The minimum absolute atomic E-state index is 0.537. The highest BCUT2D eigenvalue weighted by Crippen LogP contribution is 2.25. The lowest BCUT2D eigenvalue weighted by atomic mass is 10.2. The first kappa shape index (κ1) is 10.6. The van der Waals surface area contributed by atoms with E-state index in [4.69, 9.17) is 4.74 Å². The van der Waals surface area contributed by atoms with Crippen molar-refractivity contribution >= 4 is 11.9 Å². The number of nitrogens with one attached hydrogen (secondary N) is 1. The Balaban J connectivity index is 2.25. The second kappa shape index (κ2) is 4.03. The zero-order valence-electron chi connectivity index (χ0n) is 9.75. The number of nitrogens with zero attached hydrogens (tertiary/aromatic N) is 2. The Morgan fingerprint density at radius 3 is 3.06 bits per heavy atom. The van der Waals surface area contributed by atoms with Crippen molar-refractivity contribution in [3.05, 3.63) is 42.4 Å². The third-order valence-corrected chi connectivity index (χ3v) is 2.83. The van der Waals surface area contributed by atoms with E-state index in [1.165, 1.54) is 0 Å². The maximum Gasteiger partial charge on any atom is 0.199 e. The number of H-pyrrole nitrogens is 1. The summed E-state index contributed by atoms with van der Waals surface area (Å²) in [6.45, 7) is 0. The van der Waals surface area contributed by atoms with Crippen LogP contribution in [-0.4, -0.2) is 27.8 Å². The molecule has 0 saturated carbocycles. The van der Waals surface area contributed by atoms with Gasteiger partial charge in [0.25, 0.3) is 0 Å². The summed E-state index contributed by atoms with van der Waals surface area (Å²) < 4.78 is 7.22. The fourth-order valence-corrected chi connectivity index (χ4v) is 2.00. The largest absolute Gasteiger partial charge is 0.482 e. The van der Waals surface area contributed by atoms with Gasteiger partial charge >= 0.3 is 0 Å². The van der Waals surface area contributed by atoms with Gasteiger partial charge < -0.3 is 9.72 Å². The third kappa shape index (κ3) is 1.48. The Bertz CT molecular complexity index is 712. The number of imidazole rings is 1. The average molecular weight is 241 g/mol. The summed E-state index contributed by atoms with van der Waals surface area (Å²) in [7, 11) is 1.62. The number of aromatic nitrogens is 3. The topological polar surface area (TPSA) is 59.4 Å². The van der Waals surface area contributed by atoms with Crippen LogP contribution in [0, 0.1) is 0 Å². The number of aromatic amines is 1. The molecule has 0 saturated heterocycles. The molecule has 5 heteroatoms. The SMILES string of the molecule is COc1cccc2ncc(-c3c[nH]c(C=O)c3)n12. The predicted molar refractivity (Wildman–Crippen MR) is 66.9 cm³/mol. The fourth-order valence-electron chi connectivity index (χ4n) is 2.00. The van der Waals surface area contributed by atoms with Crippen LogP contribution in [0.25, 0.3) is 16.9 Å². The molecular weight excluding hydrogens is 230 g/mol. The van der Waals surface area contributed by atoms with E-state index < -0.39 is 0 Å². The molecular formula is C13H11N3O2. The second-order valence-corrected chi connectivity index (χ2v) is 3.87. The molecule has 90 valence electrons. The highest BCUT2D eigenvalue weighted by atomic mass is 16.5. The van der Waals surface area contributed by atoms with Crippen molar-refractivity contribution in [1.29, 1.82) is 0 Å². The van der Waals surface area contributed by atoms with Gasteiger partial charge in [0, 0.05) is 11.8 Å². The van der Waals surface area contributed by atoms with Gasteiger partial charge in [-0.15, -0.1) is 0 Å². The molecule has 0 spiro atoms. The average Bonchev–Trinajstić information content (AvgIpc) is 3.03. The van der Waals surface area contributed by atoms with Crippen molar-refractivity contribution < 1.29 is 9.53 Å². The second-order valence-electron chi connectivity index (χ2n) is 3.87. The number of rotatable bonds is 3. The molecule has 1 N–H and O–H groups in total. The molecule has 3 aromatic rings. The first-order valence-electron chi connectivity index (χ1n) is 5.48. The Labute approximate surface area is 103 Å². The Hall–Kier alpha value is -2.56. The minimum atomic E-state index is 0.537. The van der Waals surface area contributed by atoms with Crippen LogP contribution in [0.1, 0.15) is 10.5 Å². The molecule has 3 rings (SSSR count). The van der Waals surface area contributed by atoms with Gasteiger partial charge in [-0.2, -0.15) is 0 Å². The van der Waals surface area contributed by atoms with E-state index in [1.807, 2.05) is 22.6 Å². The summed E-state index contributed by atoms with van der Waals surface area (Å²) >= 11 is 0. The molecule has 0 aliphatic rings. The smallest absolute Gasteiger partial charge is 0.199 e. The number of ether oxygens (including phenoxy) is 1. The van der Waals surface area contributed by atoms with E-state index in [0.717, 1.165) is 23.2 Å². The van der Waals surface area contributed by atoms with Gasteiger partial charge in [0.2, 0.25) is 0 Å². The molecule has 18 heavy (non-hydrogen) atoms. The number of methoxy groups -OCH3 is 1. The lowest BCUT2D eigenvalue weighted by Crippen LogP contribution is -1.94. The molecule has 0 amide bonds. The Morgan fingerprint density at radius 1 is 1.44 bits per heavy atom. The van der Waals surface area contributed by atoms with Crippen molar-refractivity contribution in [2.75, 3.05) is 7.11 Å². The fraction of sp³-hybridized carbons (Fsp3) is 0.0769. The van der Waals surface area contributed by atoms with Gasteiger partial charge in [-0.25, -0.2) is 4.98 Å². The van der Waals surface area contributed by atoms with E-state index in [2.05, 4.69) is 9.97 Å². The molecule has 0 aromatic carbocycles. The van der Waals surface area contributed by atoms with Crippen molar-refractivity contribution in [2.45, 2.75) is 0 Å². The van der Waals surface area contributed by atoms with E-state index in [-0.39, 0.29) is 0 Å². The monoisotopic (exact) mass is 241 g/mol. The zero-order valence-corrected chi connectivity index (χ0v) is 9.75. The Morgan fingerprint density at radius 2 is 2.33 bits per heavy atom. The third-order valence-electron chi connectivity index (χ3n) is 2.83. The summed E-state index contributed by atoms with van der Waals surface area (Å²) in [5.41, 5.74) is 3.12. The van der Waals surface area contributed by atoms with Crippen LogP contribution in [0.5, 0.6) is 5.88 Å². The lowest BCUT2D eigenvalue weighted by molar-refractivity contribution is 0.111. The highest BCUT2D eigenvalue weighted by molar-refractivity contribution is 5.77. The number of carbonyl (C=O) groups is 1. The van der Waals surface area contributed by atoms with Gasteiger partial charge in [0.1, 0.15) is 5.65 Å². The molecule has 0 atom stereocenters. The van der Waals surface area contributed by atoms with Crippen molar-refractivity contribution in [2.24, 2.45) is 0 Å². The number of carbonyl (C=O) groups excluding carboxylic acids is 1. The normalized spacial score (nSPS) is 10.7. The van der Waals surface area contributed by atoms with Crippen molar-refractivity contribution in [3.63, 3.8) is 0 Å².